The van der Waals surface area contributed by atoms with E-state index in [4.69, 9.17) is 9.47 Å². The van der Waals surface area contributed by atoms with Crippen LogP contribution in [-0.2, 0) is 9.59 Å². The number of benzene rings is 3. The number of hydrogen-bond donors (Lipinski definition) is 1. The van der Waals surface area contributed by atoms with Gasteiger partial charge in [-0.05, 0) is 42.0 Å². The molecule has 1 atom stereocenters. The van der Waals surface area contributed by atoms with E-state index in [0.29, 0.717) is 36.0 Å². The van der Waals surface area contributed by atoms with Crippen molar-refractivity contribution >= 4 is 23.1 Å². The third-order valence-electron chi connectivity index (χ3n) is 5.48. The third kappa shape index (κ3) is 3.28. The minimum atomic E-state index is -0.871. The lowest BCUT2D eigenvalue weighted by atomic mass is 9.95. The molecule has 32 heavy (non-hydrogen) atoms. The molecule has 0 saturated carbocycles. The second kappa shape index (κ2) is 7.85. The van der Waals surface area contributed by atoms with Crippen LogP contribution in [0, 0.1) is 5.82 Å². The van der Waals surface area contributed by atoms with Gasteiger partial charge in [-0.15, -0.1) is 0 Å². The summed E-state index contributed by atoms with van der Waals surface area (Å²) in [6.45, 7) is 0.806. The second-order valence-electron chi connectivity index (χ2n) is 7.41. The molecule has 2 aliphatic rings. The summed E-state index contributed by atoms with van der Waals surface area (Å²) in [4.78, 5) is 27.6. The number of halogens is 1. The zero-order valence-electron chi connectivity index (χ0n) is 16.8. The fraction of sp³-hybridized carbons (Fsp3) is 0.120. The molecular formula is C25H18FNO5. The number of amides is 1. The first-order valence-corrected chi connectivity index (χ1v) is 10.1. The molecule has 5 rings (SSSR count). The van der Waals surface area contributed by atoms with E-state index in [1.54, 1.807) is 42.5 Å². The van der Waals surface area contributed by atoms with Crippen molar-refractivity contribution in [1.82, 2.24) is 0 Å². The molecule has 2 aliphatic heterocycles. The van der Waals surface area contributed by atoms with Gasteiger partial charge in [0.15, 0.2) is 11.5 Å². The summed E-state index contributed by atoms with van der Waals surface area (Å²) in [7, 11) is 0. The first-order chi connectivity index (χ1) is 15.5. The molecule has 2 heterocycles. The normalized spacial score (nSPS) is 19.3. The van der Waals surface area contributed by atoms with Gasteiger partial charge in [0.2, 0.25) is 0 Å². The highest BCUT2D eigenvalue weighted by molar-refractivity contribution is 6.51. The van der Waals surface area contributed by atoms with E-state index in [-0.39, 0.29) is 16.9 Å². The van der Waals surface area contributed by atoms with Gasteiger partial charge in [-0.1, -0.05) is 30.3 Å². The topological polar surface area (TPSA) is 76.1 Å². The molecule has 160 valence electrons. The molecule has 7 heteroatoms. The van der Waals surface area contributed by atoms with Crippen LogP contribution >= 0.6 is 0 Å². The minimum Gasteiger partial charge on any atom is -0.507 e. The fourth-order valence-electron chi connectivity index (χ4n) is 3.99. The van der Waals surface area contributed by atoms with Gasteiger partial charge in [0, 0.05) is 17.3 Å². The highest BCUT2D eigenvalue weighted by Crippen LogP contribution is 2.44. The molecule has 1 fully saturated rings. The summed E-state index contributed by atoms with van der Waals surface area (Å²) in [6.07, 6.45) is 0. The van der Waals surface area contributed by atoms with Gasteiger partial charge >= 0.3 is 0 Å². The number of carbonyl (C=O) groups is 2. The number of hydrogen-bond acceptors (Lipinski definition) is 5. The van der Waals surface area contributed by atoms with E-state index in [2.05, 4.69) is 0 Å². The van der Waals surface area contributed by atoms with Crippen LogP contribution in [0.3, 0.4) is 0 Å². The van der Waals surface area contributed by atoms with Gasteiger partial charge < -0.3 is 14.6 Å². The Morgan fingerprint density at radius 3 is 2.31 bits per heavy atom. The molecule has 0 bridgehead atoms. The van der Waals surface area contributed by atoms with E-state index in [1.165, 1.54) is 29.2 Å². The number of rotatable bonds is 3. The summed E-state index contributed by atoms with van der Waals surface area (Å²) in [6, 6.07) is 18.2. The van der Waals surface area contributed by atoms with E-state index in [0.717, 1.165) is 0 Å². The molecule has 1 amide bonds. The average molecular weight is 431 g/mol. The first-order valence-electron chi connectivity index (χ1n) is 10.1. The predicted octanol–water partition coefficient (Wildman–Crippen LogP) is 4.22. The predicted molar refractivity (Wildman–Crippen MR) is 115 cm³/mol. The van der Waals surface area contributed by atoms with Crippen LogP contribution < -0.4 is 14.4 Å². The number of nitrogens with zero attached hydrogens (tertiary/aromatic N) is 1. The van der Waals surface area contributed by atoms with Crippen LogP contribution in [0.1, 0.15) is 17.2 Å². The fourth-order valence-corrected chi connectivity index (χ4v) is 3.99. The Morgan fingerprint density at radius 1 is 0.906 bits per heavy atom. The molecule has 1 unspecified atom stereocenters. The Balaban J connectivity index is 1.68. The number of ether oxygens (including phenoxy) is 2. The largest absolute Gasteiger partial charge is 0.507 e. The molecule has 0 aliphatic carbocycles. The molecule has 0 aromatic heterocycles. The van der Waals surface area contributed by atoms with Gasteiger partial charge in [-0.25, -0.2) is 4.39 Å². The number of ketones is 1. The Labute approximate surface area is 183 Å². The van der Waals surface area contributed by atoms with Crippen molar-refractivity contribution in [2.24, 2.45) is 0 Å². The molecule has 3 aromatic carbocycles. The van der Waals surface area contributed by atoms with Crippen molar-refractivity contribution in [2.45, 2.75) is 6.04 Å². The van der Waals surface area contributed by atoms with Crippen LogP contribution in [0.15, 0.2) is 78.4 Å². The van der Waals surface area contributed by atoms with Gasteiger partial charge in [0.1, 0.15) is 24.8 Å². The molecule has 0 spiro atoms. The van der Waals surface area contributed by atoms with Gasteiger partial charge in [-0.2, -0.15) is 0 Å². The highest BCUT2D eigenvalue weighted by Gasteiger charge is 2.47. The molecule has 0 radical (unpaired) electrons. The van der Waals surface area contributed by atoms with Gasteiger partial charge in [-0.3, -0.25) is 14.5 Å². The van der Waals surface area contributed by atoms with E-state index in [1.807, 2.05) is 6.07 Å². The quantitative estimate of drug-likeness (QED) is 0.382. The maximum Gasteiger partial charge on any atom is 0.300 e. The monoisotopic (exact) mass is 431 g/mol. The van der Waals surface area contributed by atoms with Crippen molar-refractivity contribution in [2.75, 3.05) is 18.1 Å². The van der Waals surface area contributed by atoms with Crippen LogP contribution in [0.4, 0.5) is 10.1 Å². The smallest absolute Gasteiger partial charge is 0.300 e. The minimum absolute atomic E-state index is 0.0669. The number of fused-ring (bicyclic) bond motifs is 1. The highest BCUT2D eigenvalue weighted by atomic mass is 19.1. The summed E-state index contributed by atoms with van der Waals surface area (Å²) in [5, 5.41) is 11.0. The van der Waals surface area contributed by atoms with E-state index in [9.17, 15) is 19.1 Å². The van der Waals surface area contributed by atoms with E-state index < -0.39 is 23.5 Å². The zero-order valence-corrected chi connectivity index (χ0v) is 16.8. The number of Topliss-reactive ketones (excluding diaryl/α,β-unsaturated/α-hetero) is 1. The molecule has 6 nitrogen and oxygen atoms in total. The SMILES string of the molecule is O=C1C(=O)N(c2ccc3c(c2)OCCO3)C(c2ccccc2)/C1=C(\O)c1ccc(F)cc1. The first kappa shape index (κ1) is 19.8. The number of anilines is 1. The van der Waals surface area contributed by atoms with Crippen LogP contribution in [0.2, 0.25) is 0 Å². The van der Waals surface area contributed by atoms with Crippen LogP contribution in [-0.4, -0.2) is 30.0 Å². The Morgan fingerprint density at radius 2 is 1.59 bits per heavy atom. The lowest BCUT2D eigenvalue weighted by Crippen LogP contribution is -2.29. The number of aliphatic hydroxyl groups is 1. The lowest BCUT2D eigenvalue weighted by molar-refractivity contribution is -0.132. The van der Waals surface area contributed by atoms with Gasteiger partial charge in [0.25, 0.3) is 11.7 Å². The summed E-state index contributed by atoms with van der Waals surface area (Å²) in [5.74, 6) is -1.41. The Kier molecular flexibility index (Phi) is 4.86. The number of aliphatic hydroxyl groups excluding tert-OH is 1. The maximum atomic E-state index is 13.4. The Hall–Kier alpha value is -4.13. The summed E-state index contributed by atoms with van der Waals surface area (Å²) in [5.41, 5.74) is 1.25. The van der Waals surface area contributed by atoms with E-state index >= 15 is 0 Å². The summed E-state index contributed by atoms with van der Waals surface area (Å²) < 4.78 is 24.6. The van der Waals surface area contributed by atoms with Crippen LogP contribution in [0.25, 0.3) is 5.76 Å². The van der Waals surface area contributed by atoms with Crippen LogP contribution in [0.5, 0.6) is 11.5 Å². The maximum absolute atomic E-state index is 13.4. The third-order valence-corrected chi connectivity index (χ3v) is 5.48. The molecule has 1 N–H and O–H groups in total. The molecule has 1 saturated heterocycles. The lowest BCUT2D eigenvalue weighted by Gasteiger charge is -2.27. The average Bonchev–Trinajstić information content (AvgIpc) is 3.10. The van der Waals surface area contributed by atoms with Crippen molar-refractivity contribution in [3.8, 4) is 11.5 Å². The van der Waals surface area contributed by atoms with Gasteiger partial charge in [0.05, 0.1) is 11.6 Å². The Bertz CT molecular complexity index is 1240. The molecule has 3 aromatic rings. The second-order valence-corrected chi connectivity index (χ2v) is 7.41. The van der Waals surface area contributed by atoms with Crippen molar-refractivity contribution in [3.05, 3.63) is 95.3 Å². The van der Waals surface area contributed by atoms with Crippen molar-refractivity contribution in [1.29, 1.82) is 0 Å². The van der Waals surface area contributed by atoms with Crippen molar-refractivity contribution in [3.63, 3.8) is 0 Å². The standard InChI is InChI=1S/C25H18FNO5/c26-17-8-6-16(7-9-17)23(28)21-22(15-4-2-1-3-5-15)27(25(30)24(21)29)18-10-11-19-20(14-18)32-13-12-31-19/h1-11,14,22,28H,12-13H2/b23-21+. The number of carbonyl (C=O) groups excluding carboxylic acids is 2. The summed E-state index contributed by atoms with van der Waals surface area (Å²) >= 11 is 0. The van der Waals surface area contributed by atoms with Crippen molar-refractivity contribution < 1.29 is 28.6 Å². The zero-order chi connectivity index (χ0) is 22.2. The molecular weight excluding hydrogens is 413 g/mol.